The van der Waals surface area contributed by atoms with Crippen LogP contribution in [0, 0.1) is 5.92 Å². The second kappa shape index (κ2) is 7.77. The van der Waals surface area contributed by atoms with Crippen LogP contribution in [-0.4, -0.2) is 67.4 Å². The van der Waals surface area contributed by atoms with Crippen molar-refractivity contribution in [3.63, 3.8) is 0 Å². The normalized spacial score (nSPS) is 19.0. The molecule has 0 aromatic heterocycles. The third-order valence-corrected chi connectivity index (χ3v) is 4.85. The molecule has 1 aromatic carbocycles. The molecule has 0 radical (unpaired) electrons. The van der Waals surface area contributed by atoms with Gasteiger partial charge in [-0.1, -0.05) is 25.1 Å². The monoisotopic (exact) mass is 330 g/mol. The number of nitrogens with one attached hydrogen (secondary N) is 2. The van der Waals surface area contributed by atoms with E-state index in [9.17, 15) is 9.59 Å². The van der Waals surface area contributed by atoms with E-state index in [2.05, 4.69) is 22.5 Å². The molecule has 2 amide bonds. The van der Waals surface area contributed by atoms with Gasteiger partial charge in [-0.05, 0) is 18.1 Å². The lowest BCUT2D eigenvalue weighted by Crippen LogP contribution is -2.57. The second-order valence-electron chi connectivity index (χ2n) is 6.52. The van der Waals surface area contributed by atoms with E-state index in [1.807, 2.05) is 29.2 Å². The van der Waals surface area contributed by atoms with Crippen molar-refractivity contribution < 1.29 is 9.59 Å². The van der Waals surface area contributed by atoms with E-state index in [1.165, 1.54) is 0 Å². The van der Waals surface area contributed by atoms with Crippen molar-refractivity contribution >= 4 is 17.5 Å². The standard InChI is InChI=1S/C18H26N4O2/c1-2-14-5-3-4-6-16(14)20-17(23)13-21-7-9-22(10-8-21)18(24)15-11-19-12-15/h3-6,15,19H,2,7-13H2,1H3,(H,20,23). The number of carbonyl (C=O) groups is 2. The van der Waals surface area contributed by atoms with Gasteiger partial charge in [-0.15, -0.1) is 0 Å². The molecule has 0 atom stereocenters. The molecular weight excluding hydrogens is 304 g/mol. The summed E-state index contributed by atoms with van der Waals surface area (Å²) in [6.07, 6.45) is 0.896. The van der Waals surface area contributed by atoms with Crippen LogP contribution in [0.5, 0.6) is 0 Å². The predicted octanol–water partition coefficient (Wildman–Crippen LogP) is 0.551. The number of hydrogen-bond acceptors (Lipinski definition) is 4. The summed E-state index contributed by atoms with van der Waals surface area (Å²) in [7, 11) is 0. The van der Waals surface area contributed by atoms with Crippen LogP contribution in [0.4, 0.5) is 5.69 Å². The molecule has 2 N–H and O–H groups in total. The summed E-state index contributed by atoms with van der Waals surface area (Å²) in [6, 6.07) is 7.91. The highest BCUT2D eigenvalue weighted by atomic mass is 16.2. The molecule has 2 aliphatic heterocycles. The summed E-state index contributed by atoms with van der Waals surface area (Å²) < 4.78 is 0. The minimum Gasteiger partial charge on any atom is -0.340 e. The number of rotatable bonds is 5. The molecule has 1 aromatic rings. The molecule has 24 heavy (non-hydrogen) atoms. The highest BCUT2D eigenvalue weighted by Gasteiger charge is 2.31. The number of piperazine rings is 1. The Balaban J connectivity index is 1.45. The first kappa shape index (κ1) is 16.9. The summed E-state index contributed by atoms with van der Waals surface area (Å²) in [4.78, 5) is 28.5. The first-order valence-electron chi connectivity index (χ1n) is 8.77. The van der Waals surface area contributed by atoms with Crippen molar-refractivity contribution in [3.8, 4) is 0 Å². The molecule has 3 rings (SSSR count). The zero-order valence-electron chi connectivity index (χ0n) is 14.3. The van der Waals surface area contributed by atoms with E-state index < -0.39 is 0 Å². The van der Waals surface area contributed by atoms with Crippen LogP contribution in [0.15, 0.2) is 24.3 Å². The molecule has 0 saturated carbocycles. The van der Waals surface area contributed by atoms with E-state index in [1.54, 1.807) is 0 Å². The van der Waals surface area contributed by atoms with Gasteiger partial charge in [0.05, 0.1) is 12.5 Å². The lowest BCUT2D eigenvalue weighted by molar-refractivity contribution is -0.138. The minimum absolute atomic E-state index is 0.0128. The van der Waals surface area contributed by atoms with Crippen LogP contribution in [-0.2, 0) is 16.0 Å². The number of para-hydroxylation sites is 1. The maximum Gasteiger partial charge on any atom is 0.238 e. The molecule has 0 bridgehead atoms. The van der Waals surface area contributed by atoms with E-state index in [0.717, 1.165) is 43.9 Å². The van der Waals surface area contributed by atoms with Gasteiger partial charge in [-0.2, -0.15) is 0 Å². The van der Waals surface area contributed by atoms with E-state index in [-0.39, 0.29) is 17.7 Å². The van der Waals surface area contributed by atoms with E-state index in [4.69, 9.17) is 0 Å². The molecule has 6 heteroatoms. The van der Waals surface area contributed by atoms with Gasteiger partial charge < -0.3 is 15.5 Å². The average Bonchev–Trinajstić information content (AvgIpc) is 2.54. The highest BCUT2D eigenvalue weighted by molar-refractivity contribution is 5.93. The van der Waals surface area contributed by atoms with Gasteiger partial charge in [-0.3, -0.25) is 14.5 Å². The fourth-order valence-electron chi connectivity index (χ4n) is 3.19. The summed E-state index contributed by atoms with van der Waals surface area (Å²) in [6.45, 7) is 7.02. The fraction of sp³-hybridized carbons (Fsp3) is 0.556. The Bertz CT molecular complexity index is 592. The molecule has 2 saturated heterocycles. The number of nitrogens with zero attached hydrogens (tertiary/aromatic N) is 2. The first-order chi connectivity index (χ1) is 11.7. The van der Waals surface area contributed by atoms with Crippen molar-refractivity contribution in [1.82, 2.24) is 15.1 Å². The van der Waals surface area contributed by atoms with Crippen LogP contribution in [0.2, 0.25) is 0 Å². The molecule has 0 unspecified atom stereocenters. The van der Waals surface area contributed by atoms with Gasteiger partial charge in [0.2, 0.25) is 11.8 Å². The number of aryl methyl sites for hydroxylation is 1. The number of amides is 2. The SMILES string of the molecule is CCc1ccccc1NC(=O)CN1CCN(C(=O)C2CNC2)CC1. The molecule has 2 heterocycles. The largest absolute Gasteiger partial charge is 0.340 e. The van der Waals surface area contributed by atoms with Gasteiger partial charge >= 0.3 is 0 Å². The Hall–Kier alpha value is -1.92. The maximum absolute atomic E-state index is 12.3. The summed E-state index contributed by atoms with van der Waals surface area (Å²) in [5, 5.41) is 6.15. The van der Waals surface area contributed by atoms with Crippen molar-refractivity contribution in [2.24, 2.45) is 5.92 Å². The number of hydrogen-bond donors (Lipinski definition) is 2. The van der Waals surface area contributed by atoms with Crippen molar-refractivity contribution in [2.45, 2.75) is 13.3 Å². The number of benzene rings is 1. The molecule has 0 aliphatic carbocycles. The average molecular weight is 330 g/mol. The van der Waals surface area contributed by atoms with Crippen LogP contribution in [0.25, 0.3) is 0 Å². The van der Waals surface area contributed by atoms with Gasteiger partial charge in [-0.25, -0.2) is 0 Å². The topological polar surface area (TPSA) is 64.7 Å². The van der Waals surface area contributed by atoms with Gasteiger partial charge in [0.25, 0.3) is 0 Å². The maximum atomic E-state index is 12.3. The lowest BCUT2D eigenvalue weighted by Gasteiger charge is -2.38. The number of carbonyl (C=O) groups excluding carboxylic acids is 2. The molecule has 0 spiro atoms. The van der Waals surface area contributed by atoms with E-state index in [0.29, 0.717) is 19.6 Å². The molecule has 130 valence electrons. The second-order valence-corrected chi connectivity index (χ2v) is 6.52. The Labute approximate surface area is 143 Å². The Morgan fingerprint density at radius 2 is 1.88 bits per heavy atom. The van der Waals surface area contributed by atoms with Crippen molar-refractivity contribution in [3.05, 3.63) is 29.8 Å². The third kappa shape index (κ3) is 3.94. The Kier molecular flexibility index (Phi) is 5.48. The van der Waals surface area contributed by atoms with Gasteiger partial charge in [0.15, 0.2) is 0 Å². The van der Waals surface area contributed by atoms with Gasteiger partial charge in [0.1, 0.15) is 0 Å². The van der Waals surface area contributed by atoms with Crippen LogP contribution in [0.1, 0.15) is 12.5 Å². The molecular formula is C18H26N4O2. The van der Waals surface area contributed by atoms with Crippen molar-refractivity contribution in [1.29, 1.82) is 0 Å². The zero-order chi connectivity index (χ0) is 16.9. The predicted molar refractivity (Wildman–Crippen MR) is 93.8 cm³/mol. The summed E-state index contributed by atoms with van der Waals surface area (Å²) in [5.74, 6) is 0.430. The first-order valence-corrected chi connectivity index (χ1v) is 8.77. The van der Waals surface area contributed by atoms with Crippen LogP contribution in [0.3, 0.4) is 0 Å². The Morgan fingerprint density at radius 3 is 2.50 bits per heavy atom. The molecule has 2 aliphatic rings. The highest BCUT2D eigenvalue weighted by Crippen LogP contribution is 2.16. The lowest BCUT2D eigenvalue weighted by atomic mass is 10.0. The fourth-order valence-corrected chi connectivity index (χ4v) is 3.19. The Morgan fingerprint density at radius 1 is 1.17 bits per heavy atom. The summed E-state index contributed by atoms with van der Waals surface area (Å²) >= 11 is 0. The quantitative estimate of drug-likeness (QED) is 0.828. The van der Waals surface area contributed by atoms with Crippen LogP contribution >= 0.6 is 0 Å². The van der Waals surface area contributed by atoms with Crippen LogP contribution < -0.4 is 10.6 Å². The third-order valence-electron chi connectivity index (χ3n) is 4.85. The van der Waals surface area contributed by atoms with E-state index >= 15 is 0 Å². The minimum atomic E-state index is 0.0128. The zero-order valence-corrected chi connectivity index (χ0v) is 14.3. The summed E-state index contributed by atoms with van der Waals surface area (Å²) in [5.41, 5.74) is 2.05. The molecule has 2 fully saturated rings. The number of anilines is 1. The van der Waals surface area contributed by atoms with Crippen molar-refractivity contribution in [2.75, 3.05) is 51.1 Å². The van der Waals surface area contributed by atoms with Gasteiger partial charge in [0, 0.05) is 45.0 Å². The smallest absolute Gasteiger partial charge is 0.238 e. The molecule has 6 nitrogen and oxygen atoms in total.